The first-order valence-corrected chi connectivity index (χ1v) is 7.18. The lowest BCUT2D eigenvalue weighted by atomic mass is 9.96. The third-order valence-corrected chi connectivity index (χ3v) is 3.86. The van der Waals surface area contributed by atoms with Gasteiger partial charge in [0, 0.05) is 18.0 Å². The fourth-order valence-electron chi connectivity index (χ4n) is 2.83. The number of nitrogens with one attached hydrogen (secondary N) is 1. The van der Waals surface area contributed by atoms with E-state index in [1.54, 1.807) is 12.1 Å². The molecule has 2 N–H and O–H groups in total. The first kappa shape index (κ1) is 12.6. The van der Waals surface area contributed by atoms with Crippen LogP contribution >= 0.6 is 0 Å². The topological polar surface area (TPSA) is 50.7 Å². The molecule has 1 atom stereocenters. The number of benzene rings is 1. The van der Waals surface area contributed by atoms with Gasteiger partial charge in [0.1, 0.15) is 5.75 Å². The molecule has 0 spiro atoms. The summed E-state index contributed by atoms with van der Waals surface area (Å²) in [6, 6.07) is 3.94. The lowest BCUT2D eigenvalue weighted by Crippen LogP contribution is -2.35. The van der Waals surface area contributed by atoms with Crippen molar-refractivity contribution in [1.82, 2.24) is 5.32 Å². The fourth-order valence-corrected chi connectivity index (χ4v) is 2.83. The van der Waals surface area contributed by atoms with Crippen molar-refractivity contribution in [3.8, 4) is 17.2 Å². The predicted octanol–water partition coefficient (Wildman–Crippen LogP) is 2.24. The number of rotatable bonds is 2. The van der Waals surface area contributed by atoms with Crippen molar-refractivity contribution in [3.05, 3.63) is 17.7 Å². The molecule has 1 aromatic rings. The van der Waals surface area contributed by atoms with Crippen LogP contribution < -0.4 is 14.8 Å². The molecule has 1 fully saturated rings. The normalized spacial score (nSPS) is 22.8. The second-order valence-electron chi connectivity index (χ2n) is 5.29. The summed E-state index contributed by atoms with van der Waals surface area (Å²) in [6.07, 6.45) is 5.35. The maximum atomic E-state index is 10.1. The first-order valence-electron chi connectivity index (χ1n) is 7.18. The van der Waals surface area contributed by atoms with Crippen molar-refractivity contribution in [2.45, 2.75) is 38.1 Å². The minimum Gasteiger partial charge on any atom is -0.508 e. The molecule has 1 aromatic carbocycles. The summed E-state index contributed by atoms with van der Waals surface area (Å²) in [5.41, 5.74) is 0.888. The van der Waals surface area contributed by atoms with Crippen LogP contribution in [0.2, 0.25) is 0 Å². The molecule has 104 valence electrons. The molecule has 2 aliphatic heterocycles. The van der Waals surface area contributed by atoms with E-state index in [1.165, 1.54) is 12.8 Å². The number of phenols is 1. The zero-order chi connectivity index (χ0) is 13.1. The van der Waals surface area contributed by atoms with E-state index in [0.717, 1.165) is 42.9 Å². The second kappa shape index (κ2) is 5.70. The molecule has 4 heteroatoms. The van der Waals surface area contributed by atoms with E-state index in [-0.39, 0.29) is 0 Å². The van der Waals surface area contributed by atoms with Gasteiger partial charge in [-0.1, -0.05) is 6.42 Å². The van der Waals surface area contributed by atoms with Crippen LogP contribution in [0, 0.1) is 0 Å². The molecule has 1 unspecified atom stereocenters. The monoisotopic (exact) mass is 263 g/mol. The van der Waals surface area contributed by atoms with Crippen LogP contribution in [0.15, 0.2) is 12.1 Å². The highest BCUT2D eigenvalue weighted by Gasteiger charge is 2.22. The van der Waals surface area contributed by atoms with Crippen LogP contribution in [-0.2, 0) is 6.42 Å². The summed E-state index contributed by atoms with van der Waals surface area (Å²) < 4.78 is 11.5. The molecule has 0 saturated carbocycles. The molecule has 0 aromatic heterocycles. The van der Waals surface area contributed by atoms with Gasteiger partial charge in [-0.05, 0) is 37.9 Å². The maximum absolute atomic E-state index is 10.1. The molecule has 4 nitrogen and oxygen atoms in total. The fraction of sp³-hybridized carbons (Fsp3) is 0.600. The Kier molecular flexibility index (Phi) is 3.78. The number of ether oxygens (including phenoxy) is 2. The molecule has 0 bridgehead atoms. The summed E-state index contributed by atoms with van der Waals surface area (Å²) in [7, 11) is 0. The van der Waals surface area contributed by atoms with Gasteiger partial charge in [0.25, 0.3) is 0 Å². The Bertz CT molecular complexity index is 441. The van der Waals surface area contributed by atoms with Crippen LogP contribution in [0.5, 0.6) is 17.2 Å². The van der Waals surface area contributed by atoms with Gasteiger partial charge in [0.05, 0.1) is 13.2 Å². The number of aromatic hydroxyl groups is 1. The molecule has 2 heterocycles. The SMILES string of the molecule is Oc1ccc2c(c1CC1CCCCN1)OCCCO2. The zero-order valence-electron chi connectivity index (χ0n) is 11.2. The van der Waals surface area contributed by atoms with Gasteiger partial charge in [0.2, 0.25) is 0 Å². The minimum atomic E-state index is 0.316. The average Bonchev–Trinajstić information content (AvgIpc) is 2.69. The van der Waals surface area contributed by atoms with E-state index in [0.29, 0.717) is 25.0 Å². The Hall–Kier alpha value is -1.42. The molecule has 0 amide bonds. The molecule has 19 heavy (non-hydrogen) atoms. The number of phenolic OH excluding ortho intramolecular Hbond substituents is 1. The van der Waals surface area contributed by atoms with Crippen LogP contribution in [0.25, 0.3) is 0 Å². The lowest BCUT2D eigenvalue weighted by molar-refractivity contribution is 0.294. The van der Waals surface area contributed by atoms with E-state index in [1.807, 2.05) is 0 Å². The van der Waals surface area contributed by atoms with Crippen molar-refractivity contribution < 1.29 is 14.6 Å². The smallest absolute Gasteiger partial charge is 0.168 e. The Labute approximate surface area is 113 Å². The van der Waals surface area contributed by atoms with Crippen LogP contribution in [0.1, 0.15) is 31.2 Å². The highest BCUT2D eigenvalue weighted by Crippen LogP contribution is 2.39. The van der Waals surface area contributed by atoms with Crippen LogP contribution in [0.3, 0.4) is 0 Å². The standard InChI is InChI=1S/C15H21NO3/c17-13-5-6-14-15(19-9-3-8-18-14)12(13)10-11-4-1-2-7-16-11/h5-6,11,16-17H,1-4,7-10H2. The van der Waals surface area contributed by atoms with E-state index >= 15 is 0 Å². The highest BCUT2D eigenvalue weighted by molar-refractivity contribution is 5.54. The summed E-state index contributed by atoms with van der Waals surface area (Å²) in [5.74, 6) is 1.82. The van der Waals surface area contributed by atoms with Gasteiger partial charge in [0.15, 0.2) is 11.5 Å². The van der Waals surface area contributed by atoms with Crippen molar-refractivity contribution >= 4 is 0 Å². The Morgan fingerprint density at radius 2 is 2.05 bits per heavy atom. The quantitative estimate of drug-likeness (QED) is 0.859. The molecule has 3 rings (SSSR count). The zero-order valence-corrected chi connectivity index (χ0v) is 11.2. The highest BCUT2D eigenvalue weighted by atomic mass is 16.5. The van der Waals surface area contributed by atoms with E-state index < -0.39 is 0 Å². The summed E-state index contributed by atoms with van der Waals surface area (Å²) in [4.78, 5) is 0. The molecule has 2 aliphatic rings. The number of piperidine rings is 1. The predicted molar refractivity (Wildman–Crippen MR) is 73.1 cm³/mol. The Balaban J connectivity index is 1.86. The van der Waals surface area contributed by atoms with Gasteiger partial charge in [-0.25, -0.2) is 0 Å². The summed E-state index contributed by atoms with van der Waals surface area (Å²) in [5, 5.41) is 13.6. The van der Waals surface area contributed by atoms with Crippen LogP contribution in [0.4, 0.5) is 0 Å². The molecule has 0 radical (unpaired) electrons. The Morgan fingerprint density at radius 3 is 2.89 bits per heavy atom. The minimum absolute atomic E-state index is 0.316. The number of hydrogen-bond acceptors (Lipinski definition) is 4. The van der Waals surface area contributed by atoms with E-state index in [9.17, 15) is 5.11 Å². The average molecular weight is 263 g/mol. The van der Waals surface area contributed by atoms with Crippen molar-refractivity contribution in [2.75, 3.05) is 19.8 Å². The largest absolute Gasteiger partial charge is 0.508 e. The molecule has 1 saturated heterocycles. The van der Waals surface area contributed by atoms with Crippen LogP contribution in [-0.4, -0.2) is 30.9 Å². The van der Waals surface area contributed by atoms with Gasteiger partial charge >= 0.3 is 0 Å². The number of hydrogen-bond donors (Lipinski definition) is 2. The Morgan fingerprint density at radius 1 is 1.16 bits per heavy atom. The molecule has 0 aliphatic carbocycles. The first-order chi connectivity index (χ1) is 9.34. The van der Waals surface area contributed by atoms with Gasteiger partial charge in [-0.15, -0.1) is 0 Å². The summed E-state index contributed by atoms with van der Waals surface area (Å²) in [6.45, 7) is 2.40. The van der Waals surface area contributed by atoms with Gasteiger partial charge in [-0.3, -0.25) is 0 Å². The van der Waals surface area contributed by atoms with Gasteiger partial charge < -0.3 is 19.9 Å². The number of fused-ring (bicyclic) bond motifs is 1. The second-order valence-corrected chi connectivity index (χ2v) is 5.29. The maximum Gasteiger partial charge on any atom is 0.168 e. The van der Waals surface area contributed by atoms with Crippen molar-refractivity contribution in [2.24, 2.45) is 0 Å². The lowest BCUT2D eigenvalue weighted by Gasteiger charge is -2.25. The van der Waals surface area contributed by atoms with E-state index in [2.05, 4.69) is 5.32 Å². The van der Waals surface area contributed by atoms with Gasteiger partial charge in [-0.2, -0.15) is 0 Å². The van der Waals surface area contributed by atoms with E-state index in [4.69, 9.17) is 9.47 Å². The third-order valence-electron chi connectivity index (χ3n) is 3.86. The molecular formula is C15H21NO3. The van der Waals surface area contributed by atoms with Crippen molar-refractivity contribution in [1.29, 1.82) is 0 Å². The summed E-state index contributed by atoms with van der Waals surface area (Å²) >= 11 is 0. The van der Waals surface area contributed by atoms with Crippen molar-refractivity contribution in [3.63, 3.8) is 0 Å². The molecular weight excluding hydrogens is 242 g/mol. The third kappa shape index (κ3) is 2.78.